The van der Waals surface area contributed by atoms with Gasteiger partial charge in [0.1, 0.15) is 0 Å². The third kappa shape index (κ3) is 1.84. The van der Waals surface area contributed by atoms with Crippen molar-refractivity contribution in [1.82, 2.24) is 25.9 Å². The zero-order valence-electron chi connectivity index (χ0n) is 11.9. The average Bonchev–Trinajstić information content (AvgIpc) is 2.85. The van der Waals surface area contributed by atoms with Crippen LogP contribution in [0.25, 0.3) is 0 Å². The van der Waals surface area contributed by atoms with E-state index < -0.39 is 0 Å². The highest BCUT2D eigenvalue weighted by molar-refractivity contribution is 5.83. The fourth-order valence-electron chi connectivity index (χ4n) is 5.59. The second-order valence-corrected chi connectivity index (χ2v) is 7.56. The number of aromatic amines is 1. The van der Waals surface area contributed by atoms with Crippen molar-refractivity contribution in [2.24, 2.45) is 22.7 Å². The number of amides is 1. The summed E-state index contributed by atoms with van der Waals surface area (Å²) in [6.45, 7) is 2.76. The van der Waals surface area contributed by atoms with Crippen LogP contribution in [0, 0.1) is 22.7 Å². The molecule has 1 amide bonds. The van der Waals surface area contributed by atoms with Crippen molar-refractivity contribution in [2.45, 2.75) is 52.0 Å². The monoisotopic (exact) mass is 275 g/mol. The second kappa shape index (κ2) is 4.02. The summed E-state index contributed by atoms with van der Waals surface area (Å²) in [4.78, 5) is 12.7. The molecule has 0 spiro atoms. The van der Waals surface area contributed by atoms with Gasteiger partial charge in [0.05, 0.1) is 12.0 Å². The molecule has 2 unspecified atom stereocenters. The molecule has 0 radical (unpaired) electrons. The number of carbonyl (C=O) groups excluding carboxylic acids is 1. The van der Waals surface area contributed by atoms with Crippen LogP contribution in [-0.4, -0.2) is 26.5 Å². The number of H-pyrrole nitrogens is 1. The zero-order chi connectivity index (χ0) is 13.8. The summed E-state index contributed by atoms with van der Waals surface area (Å²) in [6.07, 6.45) is 7.21. The van der Waals surface area contributed by atoms with Crippen molar-refractivity contribution in [1.29, 1.82) is 0 Å². The largest absolute Gasteiger partial charge is 0.348 e. The first-order valence-corrected chi connectivity index (χ1v) is 7.58. The molecule has 1 aromatic rings. The Labute approximate surface area is 118 Å². The fraction of sp³-hybridized carbons (Fsp3) is 0.857. The Morgan fingerprint density at radius 3 is 2.70 bits per heavy atom. The Hall–Kier alpha value is -1.46. The first-order chi connectivity index (χ1) is 9.57. The highest BCUT2D eigenvalue weighted by atomic mass is 16.2. The molecule has 5 rings (SSSR count). The van der Waals surface area contributed by atoms with Crippen LogP contribution >= 0.6 is 0 Å². The molecule has 4 aliphatic carbocycles. The van der Waals surface area contributed by atoms with Crippen molar-refractivity contribution in [3.8, 4) is 0 Å². The van der Waals surface area contributed by atoms with Gasteiger partial charge in [0.2, 0.25) is 5.91 Å². The number of rotatable bonds is 3. The molecule has 2 atom stereocenters. The summed E-state index contributed by atoms with van der Waals surface area (Å²) < 4.78 is 0. The van der Waals surface area contributed by atoms with Gasteiger partial charge in [-0.3, -0.25) is 4.79 Å². The molecule has 20 heavy (non-hydrogen) atoms. The molecule has 0 saturated heterocycles. The summed E-state index contributed by atoms with van der Waals surface area (Å²) >= 11 is 0. The lowest BCUT2D eigenvalue weighted by atomic mass is 9.44. The van der Waals surface area contributed by atoms with Gasteiger partial charge in [0.25, 0.3) is 0 Å². The van der Waals surface area contributed by atoms with E-state index in [2.05, 4.69) is 32.9 Å². The van der Waals surface area contributed by atoms with Crippen LogP contribution in [0.1, 0.15) is 51.3 Å². The molecule has 4 fully saturated rings. The molecule has 4 bridgehead atoms. The minimum atomic E-state index is -0.122. The van der Waals surface area contributed by atoms with Crippen LogP contribution in [0.15, 0.2) is 0 Å². The quantitative estimate of drug-likeness (QED) is 0.874. The smallest absolute Gasteiger partial charge is 0.226 e. The molecular weight excluding hydrogens is 254 g/mol. The van der Waals surface area contributed by atoms with E-state index >= 15 is 0 Å². The minimum absolute atomic E-state index is 0.122. The van der Waals surface area contributed by atoms with Crippen LogP contribution < -0.4 is 5.32 Å². The van der Waals surface area contributed by atoms with Gasteiger partial charge in [-0.2, -0.15) is 5.21 Å². The Kier molecular flexibility index (Phi) is 2.47. The number of hydrogen-bond acceptors (Lipinski definition) is 4. The van der Waals surface area contributed by atoms with Gasteiger partial charge in [-0.15, -0.1) is 10.2 Å². The van der Waals surface area contributed by atoms with Gasteiger partial charge in [0, 0.05) is 0 Å². The lowest BCUT2D eigenvalue weighted by Crippen LogP contribution is -2.56. The molecular formula is C14H21N5O. The van der Waals surface area contributed by atoms with E-state index in [1.807, 2.05) is 0 Å². The van der Waals surface area contributed by atoms with E-state index in [1.165, 1.54) is 19.3 Å². The molecule has 2 N–H and O–H groups in total. The van der Waals surface area contributed by atoms with Gasteiger partial charge < -0.3 is 5.32 Å². The number of hydrogen-bond donors (Lipinski definition) is 2. The lowest BCUT2D eigenvalue weighted by molar-refractivity contribution is -0.155. The SMILES string of the molecule is CC12CC3CC(C1)CC(C(=O)NCc1nn[nH]n1)(C3)C2. The highest BCUT2D eigenvalue weighted by Gasteiger charge is 2.58. The number of carbonyl (C=O) groups is 1. The average molecular weight is 275 g/mol. The van der Waals surface area contributed by atoms with E-state index in [1.54, 1.807) is 0 Å². The van der Waals surface area contributed by atoms with Crippen LogP contribution in [0.5, 0.6) is 0 Å². The van der Waals surface area contributed by atoms with Gasteiger partial charge >= 0.3 is 0 Å². The molecule has 0 aliphatic heterocycles. The predicted octanol–water partition coefficient (Wildman–Crippen LogP) is 1.42. The maximum Gasteiger partial charge on any atom is 0.226 e. The van der Waals surface area contributed by atoms with E-state index in [9.17, 15) is 4.79 Å². The third-order valence-electron chi connectivity index (χ3n) is 5.63. The normalized spacial score (nSPS) is 41.9. The lowest BCUT2D eigenvalue weighted by Gasteiger charge is -2.60. The minimum Gasteiger partial charge on any atom is -0.348 e. The van der Waals surface area contributed by atoms with Crippen LogP contribution in [0.4, 0.5) is 0 Å². The molecule has 1 heterocycles. The number of nitrogens with one attached hydrogen (secondary N) is 2. The van der Waals surface area contributed by atoms with Crippen molar-refractivity contribution >= 4 is 5.91 Å². The number of tetrazole rings is 1. The Morgan fingerprint density at radius 1 is 1.35 bits per heavy atom. The Balaban J connectivity index is 1.51. The van der Waals surface area contributed by atoms with E-state index in [4.69, 9.17) is 0 Å². The number of aromatic nitrogens is 4. The first-order valence-electron chi connectivity index (χ1n) is 7.58. The zero-order valence-corrected chi connectivity index (χ0v) is 11.9. The molecule has 4 saturated carbocycles. The summed E-state index contributed by atoms with van der Waals surface area (Å²) in [7, 11) is 0. The van der Waals surface area contributed by atoms with Crippen molar-refractivity contribution in [3.05, 3.63) is 5.82 Å². The summed E-state index contributed by atoms with van der Waals surface area (Å²) in [5.41, 5.74) is 0.274. The van der Waals surface area contributed by atoms with E-state index in [0.717, 1.165) is 31.1 Å². The highest BCUT2D eigenvalue weighted by Crippen LogP contribution is 2.65. The van der Waals surface area contributed by atoms with Gasteiger partial charge in [-0.05, 0) is 55.8 Å². The topological polar surface area (TPSA) is 83.6 Å². The van der Waals surface area contributed by atoms with E-state index in [-0.39, 0.29) is 11.3 Å². The predicted molar refractivity (Wildman–Crippen MR) is 71.2 cm³/mol. The third-order valence-corrected chi connectivity index (χ3v) is 5.63. The molecule has 6 nitrogen and oxygen atoms in total. The molecule has 108 valence electrons. The molecule has 1 aromatic heterocycles. The first kappa shape index (κ1) is 12.3. The number of nitrogens with zero attached hydrogens (tertiary/aromatic N) is 3. The summed E-state index contributed by atoms with van der Waals surface area (Å²) in [6, 6.07) is 0. The van der Waals surface area contributed by atoms with Gasteiger partial charge in [0.15, 0.2) is 5.82 Å². The van der Waals surface area contributed by atoms with Crippen molar-refractivity contribution in [2.75, 3.05) is 0 Å². The maximum absolute atomic E-state index is 12.7. The standard InChI is InChI=1S/C14H21N5O/c1-13-3-9-2-10(4-13)6-14(5-9,8-13)12(20)15-7-11-16-18-19-17-11/h9-10H,2-8H2,1H3,(H,15,20)(H,16,17,18,19). The summed E-state index contributed by atoms with van der Waals surface area (Å²) in [5, 5.41) is 16.7. The van der Waals surface area contributed by atoms with Crippen LogP contribution in [-0.2, 0) is 11.3 Å². The fourth-order valence-corrected chi connectivity index (χ4v) is 5.59. The Bertz CT molecular complexity index is 512. The molecule has 6 heteroatoms. The van der Waals surface area contributed by atoms with Gasteiger partial charge in [-0.1, -0.05) is 12.1 Å². The van der Waals surface area contributed by atoms with E-state index in [0.29, 0.717) is 17.8 Å². The second-order valence-electron chi connectivity index (χ2n) is 7.56. The maximum atomic E-state index is 12.7. The molecule has 4 aliphatic rings. The van der Waals surface area contributed by atoms with Crippen LogP contribution in [0.3, 0.4) is 0 Å². The van der Waals surface area contributed by atoms with Crippen molar-refractivity contribution in [3.63, 3.8) is 0 Å². The molecule has 0 aromatic carbocycles. The Morgan fingerprint density at radius 2 is 2.10 bits per heavy atom. The van der Waals surface area contributed by atoms with Gasteiger partial charge in [-0.25, -0.2) is 0 Å². The van der Waals surface area contributed by atoms with Crippen LogP contribution in [0.2, 0.25) is 0 Å². The summed E-state index contributed by atoms with van der Waals surface area (Å²) in [5.74, 6) is 2.28. The van der Waals surface area contributed by atoms with Crippen molar-refractivity contribution < 1.29 is 4.79 Å².